The summed E-state index contributed by atoms with van der Waals surface area (Å²) in [5, 5.41) is 8.68. The van der Waals surface area contributed by atoms with E-state index in [1.165, 1.54) is 18.9 Å². The first-order valence-corrected chi connectivity index (χ1v) is 9.20. The maximum atomic E-state index is 10.5. The van der Waals surface area contributed by atoms with E-state index in [0.717, 1.165) is 25.2 Å². The van der Waals surface area contributed by atoms with Crippen LogP contribution in [-0.2, 0) is 9.53 Å². The number of aliphatic carboxylic acids is 1. The van der Waals surface area contributed by atoms with E-state index in [2.05, 4.69) is 13.1 Å². The van der Waals surface area contributed by atoms with Crippen LogP contribution in [0.1, 0.15) is 19.3 Å². The van der Waals surface area contributed by atoms with Gasteiger partial charge in [0.05, 0.1) is 0 Å². The fourth-order valence-corrected chi connectivity index (χ4v) is 5.35. The van der Waals surface area contributed by atoms with Gasteiger partial charge < -0.3 is 9.84 Å². The molecular weight excluding hydrogens is 208 g/mol. The molecule has 0 saturated carbocycles. The Hall–Kier alpha value is -0.353. The lowest BCUT2D eigenvalue weighted by Gasteiger charge is -2.30. The summed E-state index contributed by atoms with van der Waals surface area (Å²) in [5.41, 5.74) is 0. The van der Waals surface area contributed by atoms with E-state index in [1.807, 2.05) is 0 Å². The number of rotatable bonds is 5. The van der Waals surface area contributed by atoms with Gasteiger partial charge in [-0.15, -0.1) is 0 Å². The van der Waals surface area contributed by atoms with Crippen molar-refractivity contribution in [2.75, 3.05) is 13.2 Å². The van der Waals surface area contributed by atoms with Gasteiger partial charge in [0.25, 0.3) is 0 Å². The van der Waals surface area contributed by atoms with Gasteiger partial charge in [0.2, 0.25) is 0 Å². The first-order chi connectivity index (χ1) is 6.99. The number of carboxylic acid groups (broad SMARTS) is 1. The molecule has 0 unspecified atom stereocenters. The molecule has 1 saturated heterocycles. The largest absolute Gasteiger partial charge is 0.481 e. The van der Waals surface area contributed by atoms with Crippen LogP contribution in [0.2, 0.25) is 25.2 Å². The summed E-state index contributed by atoms with van der Waals surface area (Å²) in [6.07, 6.45) is 2.69. The van der Waals surface area contributed by atoms with Crippen molar-refractivity contribution < 1.29 is 14.6 Å². The quantitative estimate of drug-likeness (QED) is 0.738. The summed E-state index contributed by atoms with van der Waals surface area (Å²) in [6.45, 7) is 6.42. The minimum Gasteiger partial charge on any atom is -0.481 e. The molecule has 3 nitrogen and oxygen atoms in total. The maximum Gasteiger partial charge on any atom is 0.303 e. The Balaban J connectivity index is 2.29. The highest BCUT2D eigenvalue weighted by atomic mass is 28.3. The first-order valence-electron chi connectivity index (χ1n) is 5.79. The van der Waals surface area contributed by atoms with Crippen molar-refractivity contribution in [2.45, 2.75) is 44.4 Å². The van der Waals surface area contributed by atoms with Crippen LogP contribution in [0.4, 0.5) is 0 Å². The van der Waals surface area contributed by atoms with Gasteiger partial charge >= 0.3 is 5.97 Å². The lowest BCUT2D eigenvalue weighted by atomic mass is 10.0. The molecular formula is C11H22O3Si. The van der Waals surface area contributed by atoms with Crippen molar-refractivity contribution in [2.24, 2.45) is 5.92 Å². The second kappa shape index (κ2) is 5.65. The number of ether oxygens (including phenoxy) is 1. The van der Waals surface area contributed by atoms with Crippen molar-refractivity contribution in [1.29, 1.82) is 0 Å². The third-order valence-electron chi connectivity index (χ3n) is 3.20. The number of carbonyl (C=O) groups is 1. The predicted molar refractivity (Wildman–Crippen MR) is 62.9 cm³/mol. The Bertz CT molecular complexity index is 210. The van der Waals surface area contributed by atoms with E-state index in [0.29, 0.717) is 6.42 Å². The van der Waals surface area contributed by atoms with Crippen LogP contribution in [-0.4, -0.2) is 32.4 Å². The molecule has 1 fully saturated rings. The second-order valence-corrected chi connectivity index (χ2v) is 10.6. The van der Waals surface area contributed by atoms with Gasteiger partial charge in [-0.25, -0.2) is 0 Å². The normalized spacial score (nSPS) is 19.1. The van der Waals surface area contributed by atoms with Crippen molar-refractivity contribution in [3.05, 3.63) is 0 Å². The predicted octanol–water partition coefficient (Wildman–Crippen LogP) is 2.60. The highest BCUT2D eigenvalue weighted by Crippen LogP contribution is 2.28. The average molecular weight is 230 g/mol. The zero-order valence-corrected chi connectivity index (χ0v) is 10.8. The number of carboxylic acids is 1. The smallest absolute Gasteiger partial charge is 0.303 e. The Kier molecular flexibility index (Phi) is 4.79. The molecule has 1 rings (SSSR count). The highest BCUT2D eigenvalue weighted by molar-refractivity contribution is 6.77. The van der Waals surface area contributed by atoms with Gasteiger partial charge in [0, 0.05) is 27.7 Å². The molecule has 0 aromatic rings. The maximum absolute atomic E-state index is 10.5. The zero-order valence-electron chi connectivity index (χ0n) is 9.79. The minimum absolute atomic E-state index is 0.350. The minimum atomic E-state index is -1.29. The monoisotopic (exact) mass is 230 g/mol. The molecule has 0 radical (unpaired) electrons. The summed E-state index contributed by atoms with van der Waals surface area (Å²) in [7, 11) is -1.29. The SMILES string of the molecule is C[Si](C)(CCC(=O)O)CC1CCOCC1. The molecule has 1 N–H and O–H groups in total. The summed E-state index contributed by atoms with van der Waals surface area (Å²) in [4.78, 5) is 10.5. The molecule has 0 aromatic heterocycles. The number of hydrogen-bond acceptors (Lipinski definition) is 2. The standard InChI is InChI=1S/C11H22O3Si/c1-15(2,8-5-11(12)13)9-10-3-6-14-7-4-10/h10H,3-9H2,1-2H3,(H,12,13). The first kappa shape index (κ1) is 12.7. The van der Waals surface area contributed by atoms with Crippen molar-refractivity contribution >= 4 is 14.0 Å². The van der Waals surface area contributed by atoms with E-state index < -0.39 is 14.0 Å². The van der Waals surface area contributed by atoms with Gasteiger partial charge in [0.15, 0.2) is 0 Å². The van der Waals surface area contributed by atoms with E-state index >= 15 is 0 Å². The zero-order chi connectivity index (χ0) is 11.3. The van der Waals surface area contributed by atoms with Crippen LogP contribution in [0.25, 0.3) is 0 Å². The fourth-order valence-electron chi connectivity index (χ4n) is 2.28. The summed E-state index contributed by atoms with van der Waals surface area (Å²) in [6, 6.07) is 2.18. The molecule has 0 aromatic carbocycles. The molecule has 0 aliphatic carbocycles. The van der Waals surface area contributed by atoms with Crippen LogP contribution in [0.15, 0.2) is 0 Å². The van der Waals surface area contributed by atoms with Gasteiger partial charge in [-0.3, -0.25) is 4.79 Å². The van der Waals surface area contributed by atoms with E-state index in [-0.39, 0.29) is 0 Å². The van der Waals surface area contributed by atoms with Crippen LogP contribution >= 0.6 is 0 Å². The van der Waals surface area contributed by atoms with Crippen molar-refractivity contribution in [3.63, 3.8) is 0 Å². The van der Waals surface area contributed by atoms with E-state index in [4.69, 9.17) is 9.84 Å². The molecule has 1 aliphatic rings. The molecule has 0 atom stereocenters. The van der Waals surface area contributed by atoms with Gasteiger partial charge in [0.1, 0.15) is 0 Å². The van der Waals surface area contributed by atoms with Gasteiger partial charge in [-0.2, -0.15) is 0 Å². The average Bonchev–Trinajstić information content (AvgIpc) is 2.16. The molecule has 0 bridgehead atoms. The molecule has 1 aliphatic heterocycles. The Morgan fingerprint density at radius 2 is 2.00 bits per heavy atom. The highest BCUT2D eigenvalue weighted by Gasteiger charge is 2.27. The van der Waals surface area contributed by atoms with E-state index in [1.54, 1.807) is 0 Å². The van der Waals surface area contributed by atoms with Gasteiger partial charge in [-0.1, -0.05) is 19.1 Å². The Morgan fingerprint density at radius 1 is 1.40 bits per heavy atom. The van der Waals surface area contributed by atoms with E-state index in [9.17, 15) is 4.79 Å². The molecule has 4 heteroatoms. The molecule has 0 amide bonds. The van der Waals surface area contributed by atoms with Crippen LogP contribution in [0.3, 0.4) is 0 Å². The Morgan fingerprint density at radius 3 is 2.53 bits per heavy atom. The second-order valence-electron chi connectivity index (χ2n) is 5.32. The van der Waals surface area contributed by atoms with Crippen LogP contribution in [0, 0.1) is 5.92 Å². The topological polar surface area (TPSA) is 46.5 Å². The number of hydrogen-bond donors (Lipinski definition) is 1. The summed E-state index contributed by atoms with van der Waals surface area (Å²) < 4.78 is 5.33. The molecule has 88 valence electrons. The van der Waals surface area contributed by atoms with Crippen LogP contribution < -0.4 is 0 Å². The fraction of sp³-hybridized carbons (Fsp3) is 0.909. The molecule has 0 spiro atoms. The van der Waals surface area contributed by atoms with Crippen LogP contribution in [0.5, 0.6) is 0 Å². The Labute approximate surface area is 92.8 Å². The van der Waals surface area contributed by atoms with Gasteiger partial charge in [-0.05, 0) is 24.8 Å². The lowest BCUT2D eigenvalue weighted by molar-refractivity contribution is -0.136. The molecule has 15 heavy (non-hydrogen) atoms. The summed E-state index contributed by atoms with van der Waals surface area (Å²) in [5.74, 6) is 0.136. The molecule has 1 heterocycles. The third-order valence-corrected chi connectivity index (χ3v) is 6.48. The third kappa shape index (κ3) is 5.32. The lowest BCUT2D eigenvalue weighted by Crippen LogP contribution is -2.31. The van der Waals surface area contributed by atoms with Crippen molar-refractivity contribution in [3.8, 4) is 0 Å². The van der Waals surface area contributed by atoms with Crippen molar-refractivity contribution in [1.82, 2.24) is 0 Å². The summed E-state index contributed by atoms with van der Waals surface area (Å²) >= 11 is 0.